The van der Waals surface area contributed by atoms with E-state index in [-0.39, 0.29) is 23.8 Å². The highest BCUT2D eigenvalue weighted by Crippen LogP contribution is 2.40. The number of benzene rings is 6. The Bertz CT molecular complexity index is 2030. The molecule has 1 aliphatic rings. The van der Waals surface area contributed by atoms with Gasteiger partial charge in [-0.25, -0.2) is 8.78 Å². The zero-order valence-corrected chi connectivity index (χ0v) is 37.0. The number of hydrogen-bond acceptors (Lipinski definition) is 2. The van der Waals surface area contributed by atoms with Crippen molar-refractivity contribution in [2.24, 2.45) is 0 Å². The lowest BCUT2D eigenvalue weighted by molar-refractivity contribution is -0.944. The number of nitrogens with zero attached hydrogens (tertiary/aromatic N) is 2. The first kappa shape index (κ1) is 44.1. The average Bonchev–Trinajstić information content (AvgIpc) is 3.56. The lowest BCUT2D eigenvalue weighted by Gasteiger charge is -2.40. The minimum Gasteiger partial charge on any atom is -0.338 e. The van der Waals surface area contributed by atoms with Crippen molar-refractivity contribution >= 4 is 0 Å². The van der Waals surface area contributed by atoms with Crippen LogP contribution in [0.25, 0.3) is 0 Å². The standard InChI is InChI=1S/C55H64F2N2O2/c1-41-7-15-47(16-8-41)35-58(5,36-48-17-9-42(2)10-18-48)39-53-54(40-59(6,37-49-19-11-43(3)12-20-49)38-50-21-13-44(4)14-22-50)61-55(60-53,33-31-45-23-27-51(56)28-24-45)34-32-46-25-29-52(57)30-26-46/h7-30,53-54H,31-40H2,1-6H3/q+2/t53-,54-/m0/s1. The molecule has 0 saturated carbocycles. The Hall–Kier alpha value is -4.98. The van der Waals surface area contributed by atoms with E-state index in [1.54, 1.807) is 0 Å². The molecule has 2 atom stereocenters. The smallest absolute Gasteiger partial charge is 0.170 e. The number of rotatable bonds is 18. The third-order valence-corrected chi connectivity index (χ3v) is 12.5. The molecule has 0 unspecified atom stereocenters. The minimum atomic E-state index is -0.921. The number of halogens is 2. The maximum absolute atomic E-state index is 14.1. The largest absolute Gasteiger partial charge is 0.338 e. The highest BCUT2D eigenvalue weighted by molar-refractivity contribution is 5.24. The molecule has 0 radical (unpaired) electrons. The zero-order chi connectivity index (χ0) is 43.0. The summed E-state index contributed by atoms with van der Waals surface area (Å²) in [6.45, 7) is 13.3. The molecule has 318 valence electrons. The van der Waals surface area contributed by atoms with E-state index >= 15 is 0 Å². The molecule has 0 aliphatic carbocycles. The van der Waals surface area contributed by atoms with Crippen molar-refractivity contribution in [3.8, 4) is 0 Å². The first-order valence-electron chi connectivity index (χ1n) is 22.0. The molecule has 0 amide bonds. The van der Waals surface area contributed by atoms with E-state index in [4.69, 9.17) is 9.47 Å². The summed E-state index contributed by atoms with van der Waals surface area (Å²) in [7, 11) is 4.73. The molecule has 1 heterocycles. The number of aryl methyl sites for hydroxylation is 6. The number of hydrogen-bond donors (Lipinski definition) is 0. The first-order chi connectivity index (χ1) is 29.2. The summed E-state index contributed by atoms with van der Waals surface area (Å²) in [5, 5.41) is 0. The Balaban J connectivity index is 1.28. The van der Waals surface area contributed by atoms with Gasteiger partial charge in [0.05, 0.1) is 14.1 Å². The van der Waals surface area contributed by atoms with E-state index in [1.807, 2.05) is 24.3 Å². The van der Waals surface area contributed by atoms with Crippen LogP contribution in [0.15, 0.2) is 146 Å². The Kier molecular flexibility index (Phi) is 14.0. The maximum Gasteiger partial charge on any atom is 0.170 e. The van der Waals surface area contributed by atoms with Gasteiger partial charge in [0, 0.05) is 35.1 Å². The van der Waals surface area contributed by atoms with E-state index in [0.717, 1.165) is 59.4 Å². The SMILES string of the molecule is Cc1ccc(C[N+](C)(Cc2ccc(C)cc2)C[C@@H]2OC(CCc3ccc(F)cc3)(CCc3ccc(F)cc3)O[C@H]2C[N+](C)(Cc2ccc(C)cc2)Cc2ccc(C)cc2)cc1. The Morgan fingerprint density at radius 1 is 0.393 bits per heavy atom. The molecule has 6 aromatic rings. The van der Waals surface area contributed by atoms with E-state index in [2.05, 4.69) is 139 Å². The zero-order valence-electron chi connectivity index (χ0n) is 37.0. The van der Waals surface area contributed by atoms with Crippen LogP contribution < -0.4 is 0 Å². The van der Waals surface area contributed by atoms with Crippen LogP contribution in [0.1, 0.15) is 68.5 Å². The topological polar surface area (TPSA) is 18.5 Å². The molecule has 4 nitrogen and oxygen atoms in total. The van der Waals surface area contributed by atoms with Gasteiger partial charge in [0.2, 0.25) is 0 Å². The van der Waals surface area contributed by atoms with Gasteiger partial charge in [-0.15, -0.1) is 0 Å². The summed E-state index contributed by atoms with van der Waals surface area (Å²) in [4.78, 5) is 0. The van der Waals surface area contributed by atoms with Gasteiger partial charge < -0.3 is 18.4 Å². The lowest BCUT2D eigenvalue weighted by Crippen LogP contribution is -2.54. The van der Waals surface area contributed by atoms with Crippen LogP contribution in [0.4, 0.5) is 8.78 Å². The Morgan fingerprint density at radius 2 is 0.639 bits per heavy atom. The highest BCUT2D eigenvalue weighted by atomic mass is 19.1. The van der Waals surface area contributed by atoms with Gasteiger partial charge in [-0.2, -0.15) is 0 Å². The molecule has 0 N–H and O–H groups in total. The minimum absolute atomic E-state index is 0.240. The van der Waals surface area contributed by atoms with Gasteiger partial charge in [0.1, 0.15) is 63.1 Å². The van der Waals surface area contributed by atoms with Crippen LogP contribution in [0.2, 0.25) is 0 Å². The summed E-state index contributed by atoms with van der Waals surface area (Å²) in [6.07, 6.45) is 2.06. The van der Waals surface area contributed by atoms with E-state index in [9.17, 15) is 8.78 Å². The van der Waals surface area contributed by atoms with E-state index < -0.39 is 5.79 Å². The molecule has 1 saturated heterocycles. The predicted octanol–water partition coefficient (Wildman–Crippen LogP) is 11.9. The molecule has 0 bridgehead atoms. The molecule has 61 heavy (non-hydrogen) atoms. The lowest BCUT2D eigenvalue weighted by atomic mass is 9.98. The van der Waals surface area contributed by atoms with Crippen molar-refractivity contribution in [3.63, 3.8) is 0 Å². The molecule has 1 aliphatic heterocycles. The Labute approximate surface area is 363 Å². The quantitative estimate of drug-likeness (QED) is 0.0804. The van der Waals surface area contributed by atoms with Crippen LogP contribution in [-0.2, 0) is 48.5 Å². The first-order valence-corrected chi connectivity index (χ1v) is 22.0. The fourth-order valence-corrected chi connectivity index (χ4v) is 9.15. The molecule has 6 heteroatoms. The normalized spacial score (nSPS) is 16.5. The highest BCUT2D eigenvalue weighted by Gasteiger charge is 2.52. The van der Waals surface area contributed by atoms with Gasteiger partial charge in [-0.05, 0) is 75.9 Å². The molecule has 1 fully saturated rings. The molecular weight excluding hydrogens is 759 g/mol. The molecule has 7 rings (SSSR count). The van der Waals surface area contributed by atoms with Crippen molar-refractivity contribution < 1.29 is 27.2 Å². The summed E-state index contributed by atoms with van der Waals surface area (Å²) in [6, 6.07) is 49.3. The third-order valence-electron chi connectivity index (χ3n) is 12.5. The molecular formula is C55H64F2N2O2+2. The average molecular weight is 823 g/mol. The predicted molar refractivity (Wildman–Crippen MR) is 244 cm³/mol. The van der Waals surface area contributed by atoms with Crippen molar-refractivity contribution in [1.29, 1.82) is 0 Å². The van der Waals surface area contributed by atoms with Crippen LogP contribution in [-0.4, -0.2) is 54.1 Å². The van der Waals surface area contributed by atoms with Gasteiger partial charge >= 0.3 is 0 Å². The summed E-state index contributed by atoms with van der Waals surface area (Å²) >= 11 is 0. The summed E-state index contributed by atoms with van der Waals surface area (Å²) < 4.78 is 44.7. The summed E-state index contributed by atoms with van der Waals surface area (Å²) in [5.41, 5.74) is 12.2. The van der Waals surface area contributed by atoms with Crippen molar-refractivity contribution in [3.05, 3.63) is 213 Å². The fourth-order valence-electron chi connectivity index (χ4n) is 9.15. The van der Waals surface area contributed by atoms with Gasteiger partial charge in [-0.1, -0.05) is 144 Å². The number of ether oxygens (including phenoxy) is 2. The van der Waals surface area contributed by atoms with Crippen LogP contribution in [0, 0.1) is 39.3 Å². The van der Waals surface area contributed by atoms with Crippen LogP contribution in [0.5, 0.6) is 0 Å². The van der Waals surface area contributed by atoms with Crippen molar-refractivity contribution in [2.75, 3.05) is 27.2 Å². The van der Waals surface area contributed by atoms with Gasteiger partial charge in [-0.3, -0.25) is 0 Å². The fraction of sp³-hybridized carbons (Fsp3) is 0.345. The molecule has 6 aromatic carbocycles. The van der Waals surface area contributed by atoms with E-state index in [0.29, 0.717) is 25.7 Å². The second kappa shape index (κ2) is 19.4. The molecule has 0 spiro atoms. The van der Waals surface area contributed by atoms with Crippen LogP contribution in [0.3, 0.4) is 0 Å². The Morgan fingerprint density at radius 3 is 0.902 bits per heavy atom. The van der Waals surface area contributed by atoms with Crippen LogP contribution >= 0.6 is 0 Å². The third kappa shape index (κ3) is 12.5. The number of quaternary nitrogens is 2. The van der Waals surface area contributed by atoms with Gasteiger partial charge in [0.15, 0.2) is 5.79 Å². The summed E-state index contributed by atoms with van der Waals surface area (Å²) in [5.74, 6) is -1.42. The molecule has 0 aromatic heterocycles. The monoisotopic (exact) mass is 822 g/mol. The second-order valence-electron chi connectivity index (χ2n) is 18.7. The number of likely N-dealkylation sites (N-methyl/N-ethyl adjacent to an activating group) is 2. The van der Waals surface area contributed by atoms with Crippen molar-refractivity contribution in [2.45, 2.75) is 97.6 Å². The van der Waals surface area contributed by atoms with Gasteiger partial charge in [0.25, 0.3) is 0 Å². The second-order valence-corrected chi connectivity index (χ2v) is 18.7. The van der Waals surface area contributed by atoms with E-state index in [1.165, 1.54) is 68.8 Å². The van der Waals surface area contributed by atoms with Crippen molar-refractivity contribution in [1.82, 2.24) is 0 Å². The maximum atomic E-state index is 14.1.